The lowest BCUT2D eigenvalue weighted by atomic mass is 10.3. The third-order valence-electron chi connectivity index (χ3n) is 4.24. The minimum Gasteiger partial charge on any atom is -0.314 e. The molecule has 1 saturated carbocycles. The smallest absolute Gasteiger partial charge is 0.214 e. The SMILES string of the molecule is CC(C)N1CCN(S(=O)(=O)CCCCNC2CC2)CC1. The second-order valence-electron chi connectivity index (χ2n) is 6.28. The van der Waals surface area contributed by atoms with Crippen LogP contribution in [0.5, 0.6) is 0 Å². The Morgan fingerprint density at radius 1 is 1.10 bits per heavy atom. The lowest BCUT2D eigenvalue weighted by Crippen LogP contribution is -2.51. The average Bonchev–Trinajstić information content (AvgIpc) is 3.22. The molecule has 0 aromatic heterocycles. The van der Waals surface area contributed by atoms with E-state index in [1.54, 1.807) is 4.31 Å². The summed E-state index contributed by atoms with van der Waals surface area (Å²) in [5.41, 5.74) is 0. The van der Waals surface area contributed by atoms with Crippen LogP contribution in [0, 0.1) is 0 Å². The van der Waals surface area contributed by atoms with Gasteiger partial charge in [0.05, 0.1) is 5.75 Å². The summed E-state index contributed by atoms with van der Waals surface area (Å²) in [7, 11) is -3.04. The highest BCUT2D eigenvalue weighted by atomic mass is 32.2. The fourth-order valence-corrected chi connectivity index (χ4v) is 4.18. The predicted octanol–water partition coefficient (Wildman–Crippen LogP) is 0.874. The van der Waals surface area contributed by atoms with Crippen molar-refractivity contribution in [2.45, 2.75) is 51.6 Å². The van der Waals surface area contributed by atoms with Gasteiger partial charge in [0.2, 0.25) is 10.0 Å². The summed E-state index contributed by atoms with van der Waals surface area (Å²) in [6.45, 7) is 8.32. The fraction of sp³-hybridized carbons (Fsp3) is 1.00. The molecule has 0 unspecified atom stereocenters. The van der Waals surface area contributed by atoms with E-state index in [4.69, 9.17) is 0 Å². The number of nitrogens with one attached hydrogen (secondary N) is 1. The molecule has 2 fully saturated rings. The van der Waals surface area contributed by atoms with E-state index < -0.39 is 10.0 Å². The first-order valence-corrected chi connectivity index (χ1v) is 9.55. The van der Waals surface area contributed by atoms with Crippen LogP contribution in [0.15, 0.2) is 0 Å². The fourth-order valence-electron chi connectivity index (χ4n) is 2.63. The van der Waals surface area contributed by atoms with Gasteiger partial charge in [-0.2, -0.15) is 4.31 Å². The molecule has 1 saturated heterocycles. The maximum absolute atomic E-state index is 12.3. The predicted molar refractivity (Wildman–Crippen MR) is 82.3 cm³/mol. The largest absolute Gasteiger partial charge is 0.314 e. The maximum atomic E-state index is 12.3. The van der Waals surface area contributed by atoms with E-state index in [0.29, 0.717) is 24.9 Å². The number of unbranched alkanes of at least 4 members (excludes halogenated alkanes) is 1. The quantitative estimate of drug-likeness (QED) is 0.676. The Kier molecular flexibility index (Phi) is 5.84. The summed E-state index contributed by atoms with van der Waals surface area (Å²) in [5.74, 6) is 0.307. The van der Waals surface area contributed by atoms with Gasteiger partial charge in [-0.05, 0) is 46.1 Å². The summed E-state index contributed by atoms with van der Waals surface area (Å²) in [4.78, 5) is 2.34. The molecule has 5 nitrogen and oxygen atoms in total. The van der Waals surface area contributed by atoms with E-state index >= 15 is 0 Å². The normalized spacial score (nSPS) is 22.6. The Balaban J connectivity index is 1.64. The third kappa shape index (κ3) is 4.98. The number of nitrogens with zero attached hydrogens (tertiary/aromatic N) is 2. The van der Waals surface area contributed by atoms with Crippen molar-refractivity contribution in [3.8, 4) is 0 Å². The Morgan fingerprint density at radius 2 is 1.75 bits per heavy atom. The Bertz CT molecular complexity index is 385. The molecular formula is C14H29N3O2S. The molecule has 1 aliphatic carbocycles. The van der Waals surface area contributed by atoms with E-state index in [9.17, 15) is 8.42 Å². The zero-order valence-corrected chi connectivity index (χ0v) is 13.7. The van der Waals surface area contributed by atoms with Gasteiger partial charge in [-0.15, -0.1) is 0 Å². The molecule has 2 aliphatic rings. The molecule has 0 spiro atoms. The number of piperazine rings is 1. The van der Waals surface area contributed by atoms with Gasteiger partial charge < -0.3 is 5.32 Å². The molecule has 0 atom stereocenters. The van der Waals surface area contributed by atoms with Crippen molar-refractivity contribution in [1.29, 1.82) is 0 Å². The molecule has 0 aromatic carbocycles. The molecule has 6 heteroatoms. The Morgan fingerprint density at radius 3 is 2.30 bits per heavy atom. The van der Waals surface area contributed by atoms with E-state index in [2.05, 4.69) is 24.1 Å². The highest BCUT2D eigenvalue weighted by molar-refractivity contribution is 7.89. The Hall–Kier alpha value is -0.170. The van der Waals surface area contributed by atoms with Crippen LogP contribution < -0.4 is 5.32 Å². The molecule has 0 bridgehead atoms. The number of hydrogen-bond acceptors (Lipinski definition) is 4. The number of sulfonamides is 1. The monoisotopic (exact) mass is 303 g/mol. The Labute approximate surface area is 123 Å². The van der Waals surface area contributed by atoms with Crippen molar-refractivity contribution in [3.05, 3.63) is 0 Å². The van der Waals surface area contributed by atoms with Crippen LogP contribution in [0.4, 0.5) is 0 Å². The molecule has 1 heterocycles. The van der Waals surface area contributed by atoms with E-state index in [1.807, 2.05) is 0 Å². The van der Waals surface area contributed by atoms with Crippen molar-refractivity contribution in [2.24, 2.45) is 0 Å². The standard InChI is InChI=1S/C14H29N3O2S/c1-13(2)16-8-10-17(11-9-16)20(18,19)12-4-3-7-15-14-5-6-14/h13-15H,3-12H2,1-2H3. The first-order valence-electron chi connectivity index (χ1n) is 7.94. The van der Waals surface area contributed by atoms with E-state index in [-0.39, 0.29) is 0 Å². The lowest BCUT2D eigenvalue weighted by Gasteiger charge is -2.36. The lowest BCUT2D eigenvalue weighted by molar-refractivity contribution is 0.154. The summed E-state index contributed by atoms with van der Waals surface area (Å²) in [6, 6.07) is 1.23. The molecule has 0 radical (unpaired) electrons. The molecule has 1 aliphatic heterocycles. The van der Waals surface area contributed by atoms with Gasteiger partial charge in [0.25, 0.3) is 0 Å². The van der Waals surface area contributed by atoms with Crippen LogP contribution in [0.1, 0.15) is 39.5 Å². The highest BCUT2D eigenvalue weighted by Crippen LogP contribution is 2.18. The second kappa shape index (κ2) is 7.20. The van der Waals surface area contributed by atoms with E-state index in [0.717, 1.165) is 38.5 Å². The average molecular weight is 303 g/mol. The van der Waals surface area contributed by atoms with Crippen LogP contribution in [0.3, 0.4) is 0 Å². The van der Waals surface area contributed by atoms with Gasteiger partial charge in [-0.3, -0.25) is 4.90 Å². The van der Waals surface area contributed by atoms with Gasteiger partial charge in [0.1, 0.15) is 0 Å². The van der Waals surface area contributed by atoms with Crippen molar-refractivity contribution in [1.82, 2.24) is 14.5 Å². The van der Waals surface area contributed by atoms with Crippen molar-refractivity contribution >= 4 is 10.0 Å². The molecule has 2 rings (SSSR count). The van der Waals surface area contributed by atoms with Crippen LogP contribution in [-0.4, -0.2) is 68.2 Å². The number of hydrogen-bond donors (Lipinski definition) is 1. The van der Waals surface area contributed by atoms with Crippen LogP contribution in [-0.2, 0) is 10.0 Å². The summed E-state index contributed by atoms with van der Waals surface area (Å²) in [5, 5.41) is 3.43. The molecule has 20 heavy (non-hydrogen) atoms. The highest BCUT2D eigenvalue weighted by Gasteiger charge is 2.27. The van der Waals surface area contributed by atoms with Gasteiger partial charge in [-0.1, -0.05) is 0 Å². The van der Waals surface area contributed by atoms with Crippen LogP contribution in [0.25, 0.3) is 0 Å². The first kappa shape index (κ1) is 16.2. The molecule has 1 N–H and O–H groups in total. The molecule has 118 valence electrons. The molecule has 0 aromatic rings. The zero-order valence-electron chi connectivity index (χ0n) is 12.8. The summed E-state index contributed by atoms with van der Waals surface area (Å²) < 4.78 is 26.2. The molecule has 0 amide bonds. The zero-order chi connectivity index (χ0) is 14.6. The second-order valence-corrected chi connectivity index (χ2v) is 8.37. The van der Waals surface area contributed by atoms with Crippen molar-refractivity contribution in [2.75, 3.05) is 38.5 Å². The van der Waals surface area contributed by atoms with Gasteiger partial charge in [0, 0.05) is 38.3 Å². The topological polar surface area (TPSA) is 52.7 Å². The maximum Gasteiger partial charge on any atom is 0.214 e. The third-order valence-corrected chi connectivity index (χ3v) is 6.19. The summed E-state index contributed by atoms with van der Waals surface area (Å²) >= 11 is 0. The number of rotatable bonds is 8. The van der Waals surface area contributed by atoms with E-state index in [1.165, 1.54) is 12.8 Å². The van der Waals surface area contributed by atoms with Gasteiger partial charge in [-0.25, -0.2) is 8.42 Å². The minimum absolute atomic E-state index is 0.307. The van der Waals surface area contributed by atoms with Crippen molar-refractivity contribution < 1.29 is 8.42 Å². The summed E-state index contributed by atoms with van der Waals surface area (Å²) in [6.07, 6.45) is 4.31. The van der Waals surface area contributed by atoms with Crippen LogP contribution >= 0.6 is 0 Å². The van der Waals surface area contributed by atoms with Crippen molar-refractivity contribution in [3.63, 3.8) is 0 Å². The molecular weight excluding hydrogens is 274 g/mol. The van der Waals surface area contributed by atoms with Crippen LogP contribution in [0.2, 0.25) is 0 Å². The minimum atomic E-state index is -3.04. The van der Waals surface area contributed by atoms with Gasteiger partial charge in [0.15, 0.2) is 0 Å². The van der Waals surface area contributed by atoms with Gasteiger partial charge >= 0.3 is 0 Å². The first-order chi connectivity index (χ1) is 9.49.